The van der Waals surface area contributed by atoms with Crippen molar-refractivity contribution in [3.8, 4) is 0 Å². The smallest absolute Gasteiger partial charge is 0.311 e. The van der Waals surface area contributed by atoms with Crippen LogP contribution in [0.15, 0.2) is 0 Å². The van der Waals surface area contributed by atoms with Gasteiger partial charge in [-0.05, 0) is 45.1 Å². The summed E-state index contributed by atoms with van der Waals surface area (Å²) in [5.41, 5.74) is -0.812. The number of hydrogen-bond acceptors (Lipinski definition) is 3. The molecule has 0 aromatic rings. The van der Waals surface area contributed by atoms with Crippen molar-refractivity contribution < 1.29 is 14.7 Å². The molecule has 5 heteroatoms. The highest BCUT2D eigenvalue weighted by atomic mass is 16.4. The zero-order valence-corrected chi connectivity index (χ0v) is 11.7. The van der Waals surface area contributed by atoms with Gasteiger partial charge >= 0.3 is 5.97 Å². The molecular formula is C14H24N2O3. The van der Waals surface area contributed by atoms with Crippen molar-refractivity contribution in [3.05, 3.63) is 0 Å². The highest BCUT2D eigenvalue weighted by Gasteiger charge is 2.46. The zero-order valence-electron chi connectivity index (χ0n) is 11.7. The maximum atomic E-state index is 12.3. The van der Waals surface area contributed by atoms with Gasteiger partial charge in [-0.2, -0.15) is 0 Å². The van der Waals surface area contributed by atoms with E-state index in [2.05, 4.69) is 17.6 Å². The predicted octanol–water partition coefficient (Wildman–Crippen LogP) is 1.13. The van der Waals surface area contributed by atoms with Crippen molar-refractivity contribution in [3.63, 3.8) is 0 Å². The molecule has 4 atom stereocenters. The van der Waals surface area contributed by atoms with Crippen LogP contribution in [-0.2, 0) is 9.59 Å². The molecule has 108 valence electrons. The lowest BCUT2D eigenvalue weighted by Crippen LogP contribution is -2.56. The van der Waals surface area contributed by atoms with Gasteiger partial charge < -0.3 is 15.7 Å². The fraction of sp³-hybridized carbons (Fsp3) is 0.857. The average molecular weight is 268 g/mol. The summed E-state index contributed by atoms with van der Waals surface area (Å²) in [5, 5.41) is 15.6. The van der Waals surface area contributed by atoms with E-state index in [0.29, 0.717) is 12.3 Å². The molecule has 5 nitrogen and oxygen atoms in total. The van der Waals surface area contributed by atoms with Crippen LogP contribution in [0.4, 0.5) is 0 Å². The van der Waals surface area contributed by atoms with Crippen LogP contribution in [0.1, 0.15) is 46.0 Å². The minimum atomic E-state index is -0.812. The number of carboxylic acids is 1. The average Bonchev–Trinajstić information content (AvgIpc) is 2.73. The molecule has 1 saturated carbocycles. The first-order valence-electron chi connectivity index (χ1n) is 7.22. The number of carboxylic acid groups (broad SMARTS) is 1. The monoisotopic (exact) mass is 268 g/mol. The number of amides is 1. The predicted molar refractivity (Wildman–Crippen MR) is 71.7 cm³/mol. The van der Waals surface area contributed by atoms with Crippen molar-refractivity contribution >= 4 is 11.9 Å². The van der Waals surface area contributed by atoms with Gasteiger partial charge in [0.15, 0.2) is 0 Å². The lowest BCUT2D eigenvalue weighted by atomic mass is 9.84. The molecule has 0 aromatic heterocycles. The normalized spacial score (nSPS) is 38.9. The Bertz CT molecular complexity index is 372. The molecule has 2 aliphatic rings. The third-order valence-electron chi connectivity index (χ3n) is 4.82. The topological polar surface area (TPSA) is 78.4 Å². The Morgan fingerprint density at radius 3 is 2.68 bits per heavy atom. The van der Waals surface area contributed by atoms with E-state index in [1.165, 1.54) is 0 Å². The molecule has 1 aliphatic heterocycles. The zero-order chi connectivity index (χ0) is 14.0. The second-order valence-corrected chi connectivity index (χ2v) is 6.23. The summed E-state index contributed by atoms with van der Waals surface area (Å²) in [4.78, 5) is 23.7. The maximum absolute atomic E-state index is 12.3. The Morgan fingerprint density at radius 2 is 2.05 bits per heavy atom. The Balaban J connectivity index is 2.00. The van der Waals surface area contributed by atoms with Gasteiger partial charge in [0.2, 0.25) is 5.91 Å². The SMILES string of the molecule is CC1CCCNC1C(=O)NC1CCCC1(C)C(=O)O. The summed E-state index contributed by atoms with van der Waals surface area (Å²) < 4.78 is 0. The van der Waals surface area contributed by atoms with Gasteiger partial charge in [0, 0.05) is 6.04 Å². The Labute approximate surface area is 114 Å². The lowest BCUT2D eigenvalue weighted by Gasteiger charge is -2.33. The molecule has 0 spiro atoms. The van der Waals surface area contributed by atoms with Crippen molar-refractivity contribution in [2.45, 2.75) is 58.0 Å². The highest BCUT2D eigenvalue weighted by molar-refractivity contribution is 5.84. The molecule has 19 heavy (non-hydrogen) atoms. The number of piperidine rings is 1. The van der Waals surface area contributed by atoms with Crippen molar-refractivity contribution in [1.29, 1.82) is 0 Å². The number of nitrogens with one attached hydrogen (secondary N) is 2. The Hall–Kier alpha value is -1.10. The van der Waals surface area contributed by atoms with E-state index in [1.807, 2.05) is 0 Å². The van der Waals surface area contributed by atoms with E-state index >= 15 is 0 Å². The number of carbonyl (C=O) groups is 2. The van der Waals surface area contributed by atoms with E-state index in [1.54, 1.807) is 6.92 Å². The second kappa shape index (κ2) is 5.49. The second-order valence-electron chi connectivity index (χ2n) is 6.23. The molecule has 3 N–H and O–H groups in total. The van der Waals surface area contributed by atoms with Crippen LogP contribution in [0.5, 0.6) is 0 Å². The molecule has 0 bridgehead atoms. The van der Waals surface area contributed by atoms with E-state index in [-0.39, 0.29) is 18.0 Å². The van der Waals surface area contributed by atoms with Crippen molar-refractivity contribution in [2.24, 2.45) is 11.3 Å². The maximum Gasteiger partial charge on any atom is 0.311 e. The van der Waals surface area contributed by atoms with Gasteiger partial charge in [0.25, 0.3) is 0 Å². The summed E-state index contributed by atoms with van der Waals surface area (Å²) in [6, 6.07) is -0.416. The third kappa shape index (κ3) is 2.76. The first-order chi connectivity index (χ1) is 8.95. The Kier molecular flexibility index (Phi) is 4.13. The van der Waals surface area contributed by atoms with Crippen molar-refractivity contribution in [2.75, 3.05) is 6.54 Å². The molecule has 1 saturated heterocycles. The molecule has 0 aromatic carbocycles. The van der Waals surface area contributed by atoms with Crippen LogP contribution >= 0.6 is 0 Å². The fourth-order valence-electron chi connectivity index (χ4n) is 3.32. The minimum Gasteiger partial charge on any atom is -0.481 e. The van der Waals surface area contributed by atoms with Gasteiger partial charge in [0.05, 0.1) is 11.5 Å². The van der Waals surface area contributed by atoms with Crippen molar-refractivity contribution in [1.82, 2.24) is 10.6 Å². The Morgan fingerprint density at radius 1 is 1.32 bits per heavy atom. The van der Waals surface area contributed by atoms with Crippen LogP contribution in [0.25, 0.3) is 0 Å². The van der Waals surface area contributed by atoms with Crippen LogP contribution in [0.2, 0.25) is 0 Å². The van der Waals surface area contributed by atoms with Gasteiger partial charge in [0.1, 0.15) is 0 Å². The summed E-state index contributed by atoms with van der Waals surface area (Å²) in [7, 11) is 0. The number of hydrogen-bond donors (Lipinski definition) is 3. The standard InChI is InChI=1S/C14H24N2O3/c1-9-5-4-8-15-11(9)12(17)16-10-6-3-7-14(10,2)13(18)19/h9-11,15H,3-8H2,1-2H3,(H,16,17)(H,18,19). The molecule has 2 fully saturated rings. The van der Waals surface area contributed by atoms with Crippen LogP contribution < -0.4 is 10.6 Å². The molecule has 4 unspecified atom stereocenters. The van der Waals surface area contributed by atoms with Gasteiger partial charge in [-0.25, -0.2) is 0 Å². The van der Waals surface area contributed by atoms with Crippen LogP contribution in [0, 0.1) is 11.3 Å². The summed E-state index contributed by atoms with van der Waals surface area (Å²) in [6.07, 6.45) is 4.41. The molecule has 0 radical (unpaired) electrons. The summed E-state index contributed by atoms with van der Waals surface area (Å²) in [5.74, 6) is -0.530. The molecule has 2 rings (SSSR count). The van der Waals surface area contributed by atoms with Gasteiger partial charge in [-0.3, -0.25) is 9.59 Å². The third-order valence-corrected chi connectivity index (χ3v) is 4.82. The van der Waals surface area contributed by atoms with Gasteiger partial charge in [-0.1, -0.05) is 13.3 Å². The fourth-order valence-corrected chi connectivity index (χ4v) is 3.32. The number of carbonyl (C=O) groups excluding carboxylic acids is 1. The van der Waals surface area contributed by atoms with E-state index in [9.17, 15) is 14.7 Å². The summed E-state index contributed by atoms with van der Waals surface area (Å²) in [6.45, 7) is 4.68. The number of rotatable bonds is 3. The van der Waals surface area contributed by atoms with E-state index in [0.717, 1.165) is 32.2 Å². The van der Waals surface area contributed by atoms with Crippen LogP contribution in [-0.4, -0.2) is 35.6 Å². The van der Waals surface area contributed by atoms with Crippen LogP contribution in [0.3, 0.4) is 0 Å². The van der Waals surface area contributed by atoms with E-state index in [4.69, 9.17) is 0 Å². The molecule has 1 amide bonds. The lowest BCUT2D eigenvalue weighted by molar-refractivity contribution is -0.149. The molecule has 1 aliphatic carbocycles. The highest BCUT2D eigenvalue weighted by Crippen LogP contribution is 2.38. The van der Waals surface area contributed by atoms with Gasteiger partial charge in [-0.15, -0.1) is 0 Å². The number of aliphatic carboxylic acids is 1. The van der Waals surface area contributed by atoms with E-state index < -0.39 is 11.4 Å². The molecule has 1 heterocycles. The quantitative estimate of drug-likeness (QED) is 0.717. The summed E-state index contributed by atoms with van der Waals surface area (Å²) >= 11 is 0. The molecular weight excluding hydrogens is 244 g/mol. The first kappa shape index (κ1) is 14.3. The largest absolute Gasteiger partial charge is 0.481 e. The minimum absolute atomic E-state index is 0.0356. The first-order valence-corrected chi connectivity index (χ1v) is 7.22.